The van der Waals surface area contributed by atoms with Gasteiger partial charge in [0.15, 0.2) is 0 Å². The molecule has 1 amide bonds. The average molecular weight is 420 g/mol. The zero-order chi connectivity index (χ0) is 22.1. The van der Waals surface area contributed by atoms with Crippen LogP contribution in [0, 0.1) is 5.92 Å². The molecule has 0 aliphatic heterocycles. The predicted octanol–water partition coefficient (Wildman–Crippen LogP) is 5.35. The van der Waals surface area contributed by atoms with Gasteiger partial charge in [-0.05, 0) is 70.1 Å². The topological polar surface area (TPSA) is 73.9 Å². The van der Waals surface area contributed by atoms with Gasteiger partial charge in [0, 0.05) is 12.3 Å². The Morgan fingerprint density at radius 1 is 1.27 bits per heavy atom. The summed E-state index contributed by atoms with van der Waals surface area (Å²) in [6.45, 7) is 10.8. The van der Waals surface area contributed by atoms with Crippen molar-refractivity contribution < 1.29 is 23.8 Å². The van der Waals surface area contributed by atoms with Crippen molar-refractivity contribution in [2.24, 2.45) is 5.92 Å². The third kappa shape index (κ3) is 6.21. The second-order valence-corrected chi connectivity index (χ2v) is 8.27. The van der Waals surface area contributed by atoms with E-state index >= 15 is 0 Å². The number of carbonyl (C=O) groups excluding carboxylic acids is 2. The maximum atomic E-state index is 13.3. The van der Waals surface area contributed by atoms with E-state index in [0.29, 0.717) is 42.4 Å². The first-order valence-corrected chi connectivity index (χ1v) is 11.3. The SMILES string of the molecule is CCCO[C@]1(C(=O)Nc2ccc(O[C@H](C)CC)c(C(=O)OCC)c2)CCC[C@@H](C)C1. The van der Waals surface area contributed by atoms with Crippen LogP contribution in [0.25, 0.3) is 0 Å². The number of esters is 1. The molecule has 0 bridgehead atoms. The summed E-state index contributed by atoms with van der Waals surface area (Å²) >= 11 is 0. The molecule has 2 rings (SSSR count). The van der Waals surface area contributed by atoms with E-state index < -0.39 is 11.6 Å². The van der Waals surface area contributed by atoms with Crippen molar-refractivity contribution in [3.63, 3.8) is 0 Å². The number of ether oxygens (including phenoxy) is 3. The first kappa shape index (κ1) is 24.2. The molecule has 6 heteroatoms. The predicted molar refractivity (Wildman–Crippen MR) is 118 cm³/mol. The molecule has 30 heavy (non-hydrogen) atoms. The first-order valence-electron chi connectivity index (χ1n) is 11.3. The van der Waals surface area contributed by atoms with E-state index in [2.05, 4.69) is 12.2 Å². The van der Waals surface area contributed by atoms with Gasteiger partial charge < -0.3 is 19.5 Å². The van der Waals surface area contributed by atoms with E-state index in [1.54, 1.807) is 25.1 Å². The van der Waals surface area contributed by atoms with Crippen LogP contribution < -0.4 is 10.1 Å². The molecule has 1 aliphatic carbocycles. The number of anilines is 1. The molecular weight excluding hydrogens is 382 g/mol. The molecule has 1 aromatic carbocycles. The standard InChI is InChI=1S/C24H37NO5/c1-6-14-29-24(13-9-10-17(4)16-24)23(27)25-19-11-12-21(30-18(5)7-2)20(15-19)22(26)28-8-3/h11-12,15,17-18H,6-10,13-14,16H2,1-5H3,(H,25,27)/t17-,18-,24-/m1/s1. The van der Waals surface area contributed by atoms with E-state index in [1.165, 1.54) is 0 Å². The summed E-state index contributed by atoms with van der Waals surface area (Å²) in [5.41, 5.74) is 0.0386. The lowest BCUT2D eigenvalue weighted by Crippen LogP contribution is -2.48. The summed E-state index contributed by atoms with van der Waals surface area (Å²) in [6, 6.07) is 5.11. The number of benzene rings is 1. The molecular formula is C24H37NO5. The zero-order valence-corrected chi connectivity index (χ0v) is 19.1. The van der Waals surface area contributed by atoms with Crippen molar-refractivity contribution in [1.82, 2.24) is 0 Å². The van der Waals surface area contributed by atoms with E-state index in [4.69, 9.17) is 14.2 Å². The molecule has 0 unspecified atom stereocenters. The highest BCUT2D eigenvalue weighted by atomic mass is 16.5. The van der Waals surface area contributed by atoms with Gasteiger partial charge in [0.25, 0.3) is 5.91 Å². The zero-order valence-electron chi connectivity index (χ0n) is 19.1. The van der Waals surface area contributed by atoms with Crippen LogP contribution in [0.3, 0.4) is 0 Å². The van der Waals surface area contributed by atoms with E-state index in [0.717, 1.165) is 25.7 Å². The van der Waals surface area contributed by atoms with Crippen LogP contribution in [0.15, 0.2) is 18.2 Å². The fourth-order valence-electron chi connectivity index (χ4n) is 3.83. The van der Waals surface area contributed by atoms with Crippen molar-refractivity contribution in [3.8, 4) is 5.75 Å². The highest BCUT2D eigenvalue weighted by Gasteiger charge is 2.42. The van der Waals surface area contributed by atoms with Crippen LogP contribution in [0.4, 0.5) is 5.69 Å². The molecule has 0 aromatic heterocycles. The minimum absolute atomic E-state index is 0.0342. The number of carbonyl (C=O) groups is 2. The molecule has 0 heterocycles. The van der Waals surface area contributed by atoms with Crippen LogP contribution in [0.5, 0.6) is 5.75 Å². The summed E-state index contributed by atoms with van der Waals surface area (Å²) in [4.78, 5) is 25.8. The van der Waals surface area contributed by atoms with Gasteiger partial charge in [-0.15, -0.1) is 0 Å². The highest BCUT2D eigenvalue weighted by molar-refractivity contribution is 5.99. The minimum Gasteiger partial charge on any atom is -0.490 e. The van der Waals surface area contributed by atoms with E-state index in [9.17, 15) is 9.59 Å². The Hall–Kier alpha value is -2.08. The Labute approximate surface area is 180 Å². The fraction of sp³-hybridized carbons (Fsp3) is 0.667. The maximum absolute atomic E-state index is 13.3. The Morgan fingerprint density at radius 3 is 2.67 bits per heavy atom. The summed E-state index contributed by atoms with van der Waals surface area (Å²) < 4.78 is 17.2. The number of hydrogen-bond donors (Lipinski definition) is 1. The number of hydrogen-bond acceptors (Lipinski definition) is 5. The number of amides is 1. The molecule has 1 fully saturated rings. The van der Waals surface area contributed by atoms with Gasteiger partial charge in [0.1, 0.15) is 16.9 Å². The van der Waals surface area contributed by atoms with Gasteiger partial charge in [-0.1, -0.05) is 27.2 Å². The van der Waals surface area contributed by atoms with Crippen molar-refractivity contribution >= 4 is 17.6 Å². The molecule has 1 saturated carbocycles. The minimum atomic E-state index is -0.816. The van der Waals surface area contributed by atoms with Crippen molar-refractivity contribution in [1.29, 1.82) is 0 Å². The molecule has 0 saturated heterocycles. The molecule has 0 radical (unpaired) electrons. The third-order valence-electron chi connectivity index (χ3n) is 5.59. The van der Waals surface area contributed by atoms with Crippen LogP contribution in [-0.4, -0.2) is 36.8 Å². The summed E-state index contributed by atoms with van der Waals surface area (Å²) in [7, 11) is 0. The Kier molecular flexibility index (Phi) is 9.15. The first-order chi connectivity index (χ1) is 14.3. The number of rotatable bonds is 10. The monoisotopic (exact) mass is 419 g/mol. The van der Waals surface area contributed by atoms with E-state index in [-0.39, 0.29) is 18.6 Å². The second-order valence-electron chi connectivity index (χ2n) is 8.27. The van der Waals surface area contributed by atoms with Gasteiger partial charge in [-0.2, -0.15) is 0 Å². The van der Waals surface area contributed by atoms with Crippen LogP contribution >= 0.6 is 0 Å². The molecule has 1 N–H and O–H groups in total. The van der Waals surface area contributed by atoms with Crippen molar-refractivity contribution in [2.45, 2.75) is 84.8 Å². The highest BCUT2D eigenvalue weighted by Crippen LogP contribution is 2.37. The Bertz CT molecular complexity index is 720. The average Bonchev–Trinajstić information content (AvgIpc) is 2.73. The molecule has 0 spiro atoms. The van der Waals surface area contributed by atoms with Gasteiger partial charge >= 0.3 is 5.97 Å². The Morgan fingerprint density at radius 2 is 2.03 bits per heavy atom. The fourth-order valence-corrected chi connectivity index (χ4v) is 3.83. The maximum Gasteiger partial charge on any atom is 0.341 e. The molecule has 168 valence electrons. The molecule has 1 aliphatic rings. The van der Waals surface area contributed by atoms with Gasteiger partial charge in [-0.25, -0.2) is 4.79 Å². The van der Waals surface area contributed by atoms with Crippen LogP contribution in [-0.2, 0) is 14.3 Å². The van der Waals surface area contributed by atoms with Gasteiger partial charge in [-0.3, -0.25) is 4.79 Å². The van der Waals surface area contributed by atoms with E-state index in [1.807, 2.05) is 20.8 Å². The molecule has 6 nitrogen and oxygen atoms in total. The van der Waals surface area contributed by atoms with Crippen molar-refractivity contribution in [3.05, 3.63) is 23.8 Å². The summed E-state index contributed by atoms with van der Waals surface area (Å²) in [5.74, 6) is 0.287. The van der Waals surface area contributed by atoms with Crippen LogP contribution in [0.1, 0.15) is 83.5 Å². The molecule has 3 atom stereocenters. The lowest BCUT2D eigenvalue weighted by Gasteiger charge is -2.38. The summed E-state index contributed by atoms with van der Waals surface area (Å²) in [6.07, 6.45) is 5.14. The largest absolute Gasteiger partial charge is 0.490 e. The molecule has 1 aromatic rings. The lowest BCUT2D eigenvalue weighted by molar-refractivity contribution is -0.148. The number of nitrogens with one attached hydrogen (secondary N) is 1. The van der Waals surface area contributed by atoms with Gasteiger partial charge in [0.2, 0.25) is 0 Å². The smallest absolute Gasteiger partial charge is 0.341 e. The summed E-state index contributed by atoms with van der Waals surface area (Å²) in [5, 5.41) is 2.99. The lowest BCUT2D eigenvalue weighted by atomic mass is 9.78. The quantitative estimate of drug-likeness (QED) is 0.517. The van der Waals surface area contributed by atoms with Crippen molar-refractivity contribution in [2.75, 3.05) is 18.5 Å². The normalized spacial score (nSPS) is 22.2. The third-order valence-corrected chi connectivity index (χ3v) is 5.59. The van der Waals surface area contributed by atoms with Gasteiger partial charge in [0.05, 0.1) is 12.7 Å². The van der Waals surface area contributed by atoms with Crippen LogP contribution in [0.2, 0.25) is 0 Å². The Balaban J connectivity index is 2.27. The second kappa shape index (κ2) is 11.3.